The van der Waals surface area contributed by atoms with Crippen LogP contribution in [0.2, 0.25) is 0 Å². The molecule has 2 heterocycles. The lowest BCUT2D eigenvalue weighted by atomic mass is 9.97. The number of aromatic nitrogens is 1. The van der Waals surface area contributed by atoms with E-state index in [1.807, 2.05) is 4.90 Å². The topological polar surface area (TPSA) is 62.3 Å². The third-order valence-corrected chi connectivity index (χ3v) is 8.02. The lowest BCUT2D eigenvalue weighted by Gasteiger charge is -2.31. The summed E-state index contributed by atoms with van der Waals surface area (Å²) < 4.78 is 27.7. The molecule has 1 aliphatic heterocycles. The Morgan fingerprint density at radius 3 is 2.62 bits per heavy atom. The predicted octanol–water partition coefficient (Wildman–Crippen LogP) is 7.27. The van der Waals surface area contributed by atoms with Crippen LogP contribution < -0.4 is 5.32 Å². The van der Waals surface area contributed by atoms with Gasteiger partial charge in [0.25, 0.3) is 11.6 Å². The first-order valence-corrected chi connectivity index (χ1v) is 14.1. The van der Waals surface area contributed by atoms with E-state index < -0.39 is 5.66 Å². The number of carbonyl (C=O) groups excluding carboxylic acids is 2. The Labute approximate surface area is 222 Å². The molecule has 0 aliphatic carbocycles. The molecular formula is C28H32F2N3O2PS. The molecule has 2 aromatic carbocycles. The standard InChI is InChI=1S/C28H32F2N3O2PS/c1-2-3-4-12-25(34)33-15-13-19(14-16-33)27-32-24(18-37-27)26(35)31-23-11-6-5-10-22(23)20-8-7-9-21(17-20)28(29,30)36/h5-11,17-19H,2-4,12-16,36H2,1H3,(H,31,35). The van der Waals surface area contributed by atoms with Gasteiger partial charge in [0, 0.05) is 47.6 Å². The van der Waals surface area contributed by atoms with E-state index in [1.54, 1.807) is 51.0 Å². The van der Waals surface area contributed by atoms with E-state index in [2.05, 4.69) is 17.2 Å². The predicted molar refractivity (Wildman–Crippen MR) is 148 cm³/mol. The van der Waals surface area contributed by atoms with E-state index in [0.717, 1.165) is 50.2 Å². The van der Waals surface area contributed by atoms with Gasteiger partial charge >= 0.3 is 0 Å². The minimum absolute atomic E-state index is 0.117. The van der Waals surface area contributed by atoms with Crippen LogP contribution in [-0.2, 0) is 10.5 Å². The summed E-state index contributed by atoms with van der Waals surface area (Å²) >= 11 is 1.47. The fourth-order valence-electron chi connectivity index (χ4n) is 4.56. The summed E-state index contributed by atoms with van der Waals surface area (Å²) in [4.78, 5) is 32.0. The zero-order valence-electron chi connectivity index (χ0n) is 20.9. The summed E-state index contributed by atoms with van der Waals surface area (Å²) in [6.07, 6.45) is 5.42. The van der Waals surface area contributed by atoms with Gasteiger partial charge in [-0.2, -0.15) is 8.78 Å². The second kappa shape index (κ2) is 12.2. The molecule has 4 rings (SSSR count). The number of nitrogens with one attached hydrogen (secondary N) is 1. The Kier molecular flexibility index (Phi) is 9.04. The number of thiazole rings is 1. The maximum Gasteiger partial charge on any atom is 0.283 e. The van der Waals surface area contributed by atoms with E-state index >= 15 is 0 Å². The molecule has 2 amide bonds. The molecule has 1 aromatic heterocycles. The summed E-state index contributed by atoms with van der Waals surface area (Å²) in [5.74, 6) is 0.123. The number of carbonyl (C=O) groups is 2. The summed E-state index contributed by atoms with van der Waals surface area (Å²) in [5, 5.41) is 5.57. The first kappa shape index (κ1) is 27.3. The van der Waals surface area contributed by atoms with Crippen molar-refractivity contribution in [1.29, 1.82) is 0 Å². The van der Waals surface area contributed by atoms with Gasteiger partial charge in [0.05, 0.1) is 5.01 Å². The van der Waals surface area contributed by atoms with Crippen molar-refractivity contribution in [3.8, 4) is 11.1 Å². The van der Waals surface area contributed by atoms with Gasteiger partial charge in [-0.3, -0.25) is 9.59 Å². The average Bonchev–Trinajstić information content (AvgIpc) is 3.39. The summed E-state index contributed by atoms with van der Waals surface area (Å²) in [6.45, 7) is 3.57. The number of amides is 2. The van der Waals surface area contributed by atoms with Crippen molar-refractivity contribution in [3.05, 3.63) is 70.2 Å². The highest BCUT2D eigenvalue weighted by Gasteiger charge is 2.27. The van der Waals surface area contributed by atoms with Crippen LogP contribution in [0, 0.1) is 0 Å². The Morgan fingerprint density at radius 1 is 1.14 bits per heavy atom. The molecule has 0 radical (unpaired) electrons. The van der Waals surface area contributed by atoms with Crippen molar-refractivity contribution in [2.45, 2.75) is 57.0 Å². The highest BCUT2D eigenvalue weighted by atomic mass is 32.1. The summed E-state index contributed by atoms with van der Waals surface area (Å²) in [5.41, 5.74) is -1.05. The number of likely N-dealkylation sites (tertiary alicyclic amines) is 1. The van der Waals surface area contributed by atoms with Crippen molar-refractivity contribution >= 4 is 38.1 Å². The number of para-hydroxylation sites is 1. The minimum Gasteiger partial charge on any atom is -0.343 e. The number of hydrogen-bond acceptors (Lipinski definition) is 4. The third-order valence-electron chi connectivity index (χ3n) is 6.68. The van der Waals surface area contributed by atoms with Gasteiger partial charge in [-0.25, -0.2) is 4.98 Å². The highest BCUT2D eigenvalue weighted by Crippen LogP contribution is 2.38. The maximum atomic E-state index is 13.8. The van der Waals surface area contributed by atoms with Crippen LogP contribution in [0.15, 0.2) is 53.9 Å². The van der Waals surface area contributed by atoms with Gasteiger partial charge in [0.15, 0.2) is 0 Å². The van der Waals surface area contributed by atoms with Crippen LogP contribution in [-0.4, -0.2) is 34.8 Å². The van der Waals surface area contributed by atoms with E-state index in [4.69, 9.17) is 0 Å². The molecule has 5 nitrogen and oxygen atoms in total. The van der Waals surface area contributed by atoms with Gasteiger partial charge in [-0.1, -0.05) is 65.4 Å². The highest BCUT2D eigenvalue weighted by molar-refractivity contribution is 7.17. The molecule has 9 heteroatoms. The molecule has 0 spiro atoms. The van der Waals surface area contributed by atoms with Crippen molar-refractivity contribution in [1.82, 2.24) is 9.88 Å². The zero-order chi connectivity index (χ0) is 26.4. The van der Waals surface area contributed by atoms with Crippen molar-refractivity contribution < 1.29 is 18.4 Å². The van der Waals surface area contributed by atoms with E-state index in [0.29, 0.717) is 28.9 Å². The van der Waals surface area contributed by atoms with Crippen LogP contribution in [0.4, 0.5) is 14.5 Å². The molecule has 1 N–H and O–H groups in total. The van der Waals surface area contributed by atoms with Gasteiger partial charge in [0.2, 0.25) is 5.91 Å². The molecule has 37 heavy (non-hydrogen) atoms. The molecule has 1 atom stereocenters. The van der Waals surface area contributed by atoms with Crippen molar-refractivity contribution in [3.63, 3.8) is 0 Å². The molecular weight excluding hydrogens is 511 g/mol. The number of unbranched alkanes of at least 4 members (excludes halogenated alkanes) is 2. The fourth-order valence-corrected chi connectivity index (χ4v) is 5.71. The first-order valence-electron chi connectivity index (χ1n) is 12.7. The normalized spacial score (nSPS) is 14.5. The fraction of sp³-hybridized carbons (Fsp3) is 0.393. The van der Waals surface area contributed by atoms with Crippen LogP contribution in [0.3, 0.4) is 0 Å². The molecule has 1 aliphatic rings. The first-order chi connectivity index (χ1) is 17.8. The summed E-state index contributed by atoms with van der Waals surface area (Å²) in [7, 11) is 1.55. The quantitative estimate of drug-likeness (QED) is 0.228. The SMILES string of the molecule is CCCCCC(=O)N1CCC(c2nc(C(=O)Nc3ccccc3-c3cccc(C(F)(F)P)c3)cs2)CC1. The van der Waals surface area contributed by atoms with Gasteiger partial charge < -0.3 is 10.2 Å². The molecule has 196 valence electrons. The molecule has 0 saturated carbocycles. The minimum atomic E-state index is -3.04. The Morgan fingerprint density at radius 2 is 1.89 bits per heavy atom. The molecule has 0 bridgehead atoms. The third kappa shape index (κ3) is 6.99. The van der Waals surface area contributed by atoms with Crippen molar-refractivity contribution in [2.24, 2.45) is 0 Å². The number of hydrogen-bond donors (Lipinski definition) is 1. The monoisotopic (exact) mass is 543 g/mol. The number of anilines is 1. The van der Waals surface area contributed by atoms with E-state index in [-0.39, 0.29) is 23.3 Å². The number of alkyl halides is 2. The van der Waals surface area contributed by atoms with Crippen molar-refractivity contribution in [2.75, 3.05) is 18.4 Å². The summed E-state index contributed by atoms with van der Waals surface area (Å²) in [6, 6.07) is 13.3. The van der Waals surface area contributed by atoms with Crippen LogP contribution in [0.5, 0.6) is 0 Å². The molecule has 1 unspecified atom stereocenters. The van der Waals surface area contributed by atoms with Gasteiger partial charge in [-0.05, 0) is 37.0 Å². The number of piperidine rings is 1. The molecule has 1 saturated heterocycles. The van der Waals surface area contributed by atoms with Crippen LogP contribution in [0.25, 0.3) is 11.1 Å². The lowest BCUT2D eigenvalue weighted by Crippen LogP contribution is -2.37. The Bertz CT molecular complexity index is 1240. The largest absolute Gasteiger partial charge is 0.343 e. The van der Waals surface area contributed by atoms with Gasteiger partial charge in [-0.15, -0.1) is 11.3 Å². The Balaban J connectivity index is 1.40. The molecule has 3 aromatic rings. The lowest BCUT2D eigenvalue weighted by molar-refractivity contribution is -0.132. The number of nitrogens with zero attached hydrogens (tertiary/aromatic N) is 2. The second-order valence-electron chi connectivity index (χ2n) is 9.39. The average molecular weight is 544 g/mol. The van der Waals surface area contributed by atoms with Crippen LogP contribution >= 0.6 is 20.6 Å². The zero-order valence-corrected chi connectivity index (χ0v) is 22.9. The smallest absolute Gasteiger partial charge is 0.283 e. The van der Waals surface area contributed by atoms with Crippen LogP contribution in [0.1, 0.15) is 72.4 Å². The van der Waals surface area contributed by atoms with Gasteiger partial charge in [0.1, 0.15) is 5.69 Å². The number of rotatable bonds is 9. The second-order valence-corrected chi connectivity index (χ2v) is 11.0. The number of halogens is 2. The maximum absolute atomic E-state index is 13.8. The van der Waals surface area contributed by atoms with E-state index in [1.165, 1.54) is 23.5 Å². The Hall–Kier alpha value is -2.70. The van der Waals surface area contributed by atoms with E-state index in [9.17, 15) is 18.4 Å². The molecule has 1 fully saturated rings. The number of benzene rings is 2.